The minimum atomic E-state index is -3.31. The molecule has 0 radical (unpaired) electrons. The third-order valence-electron chi connectivity index (χ3n) is 3.78. The van der Waals surface area contributed by atoms with Crippen molar-refractivity contribution in [2.45, 2.75) is 30.4 Å². The van der Waals surface area contributed by atoms with Crippen molar-refractivity contribution < 1.29 is 12.8 Å². The third-order valence-corrected chi connectivity index (χ3v) is 5.95. The van der Waals surface area contributed by atoms with E-state index >= 15 is 0 Å². The van der Waals surface area contributed by atoms with E-state index in [0.717, 1.165) is 5.56 Å². The maximum Gasteiger partial charge on any atom is 0.267 e. The lowest BCUT2D eigenvalue weighted by atomic mass is 10.1. The Hall–Kier alpha value is -2.65. The molecule has 0 amide bonds. The van der Waals surface area contributed by atoms with Crippen LogP contribution in [0.5, 0.6) is 0 Å². The molecule has 0 saturated heterocycles. The maximum atomic E-state index is 12.2. The molecule has 2 aromatic heterocycles. The van der Waals surface area contributed by atoms with E-state index in [9.17, 15) is 8.42 Å². The number of hydrogen-bond acceptors (Lipinski definition) is 8. The van der Waals surface area contributed by atoms with Crippen molar-refractivity contribution in [1.29, 1.82) is 0 Å². The normalized spacial score (nSPS) is 11.8. The first-order valence-electron chi connectivity index (χ1n) is 8.11. The van der Waals surface area contributed by atoms with Crippen molar-refractivity contribution >= 4 is 9.84 Å². The van der Waals surface area contributed by atoms with Crippen molar-refractivity contribution in [3.05, 3.63) is 42.5 Å². The largest absolute Gasteiger partial charge is 0.419 e. The second kappa shape index (κ2) is 7.30. The van der Waals surface area contributed by atoms with Crippen molar-refractivity contribution in [1.82, 2.24) is 20.2 Å². The van der Waals surface area contributed by atoms with Crippen molar-refractivity contribution in [3.8, 4) is 22.8 Å². The van der Waals surface area contributed by atoms with Gasteiger partial charge < -0.3 is 10.2 Å². The Morgan fingerprint density at radius 1 is 1.08 bits per heavy atom. The number of benzene rings is 1. The molecule has 2 N–H and O–H groups in total. The summed E-state index contributed by atoms with van der Waals surface area (Å²) in [6.07, 6.45) is 3.61. The van der Waals surface area contributed by atoms with Crippen LogP contribution in [0.1, 0.15) is 19.7 Å². The van der Waals surface area contributed by atoms with Gasteiger partial charge in [0.05, 0.1) is 28.2 Å². The molecular weight excluding hydrogens is 354 g/mol. The van der Waals surface area contributed by atoms with Crippen LogP contribution in [0.3, 0.4) is 0 Å². The van der Waals surface area contributed by atoms with E-state index in [-0.39, 0.29) is 10.8 Å². The van der Waals surface area contributed by atoms with E-state index in [1.807, 2.05) is 0 Å². The summed E-state index contributed by atoms with van der Waals surface area (Å²) < 4.78 is 29.9. The van der Waals surface area contributed by atoms with E-state index in [1.165, 1.54) is 6.20 Å². The average Bonchev–Trinajstić information content (AvgIpc) is 3.11. The highest BCUT2D eigenvalue weighted by Gasteiger charge is 2.19. The van der Waals surface area contributed by atoms with Crippen LogP contribution >= 0.6 is 0 Å². The highest BCUT2D eigenvalue weighted by atomic mass is 32.2. The number of rotatable bonds is 6. The lowest BCUT2D eigenvalue weighted by Gasteiger charge is -2.08. The molecule has 3 aromatic rings. The monoisotopic (exact) mass is 373 g/mol. The Bertz CT molecular complexity index is 997. The van der Waals surface area contributed by atoms with Crippen molar-refractivity contribution in [2.75, 3.05) is 6.54 Å². The van der Waals surface area contributed by atoms with E-state index in [0.29, 0.717) is 30.2 Å². The van der Waals surface area contributed by atoms with Gasteiger partial charge in [-0.1, -0.05) is 12.1 Å². The van der Waals surface area contributed by atoms with Gasteiger partial charge in [-0.15, -0.1) is 10.2 Å². The summed E-state index contributed by atoms with van der Waals surface area (Å²) in [4.78, 5) is 8.91. The van der Waals surface area contributed by atoms with Crippen LogP contribution < -0.4 is 5.73 Å². The first kappa shape index (κ1) is 18.2. The van der Waals surface area contributed by atoms with Gasteiger partial charge in [-0.3, -0.25) is 4.98 Å². The number of aromatic nitrogens is 4. The zero-order chi connectivity index (χ0) is 18.7. The van der Waals surface area contributed by atoms with E-state index < -0.39 is 15.1 Å². The fraction of sp³-hybridized carbons (Fsp3) is 0.294. The average molecular weight is 373 g/mol. The van der Waals surface area contributed by atoms with Crippen LogP contribution in [0, 0.1) is 0 Å². The fourth-order valence-corrected chi connectivity index (χ4v) is 3.34. The minimum absolute atomic E-state index is 0.266. The number of nitrogens with zero attached hydrogens (tertiary/aromatic N) is 4. The van der Waals surface area contributed by atoms with Gasteiger partial charge in [0.2, 0.25) is 5.89 Å². The summed E-state index contributed by atoms with van der Waals surface area (Å²) in [6, 6.07) is 6.56. The molecule has 3 rings (SSSR count). The molecular formula is C17H19N5O3S. The Balaban J connectivity index is 1.90. The molecule has 0 unspecified atom stereocenters. The van der Waals surface area contributed by atoms with Gasteiger partial charge in [0.15, 0.2) is 9.84 Å². The number of nitrogens with two attached hydrogens (primary N) is 1. The Kier molecular flexibility index (Phi) is 5.10. The van der Waals surface area contributed by atoms with E-state index in [4.69, 9.17) is 10.2 Å². The summed E-state index contributed by atoms with van der Waals surface area (Å²) in [5, 5.41) is 7.39. The number of sulfone groups is 1. The predicted octanol–water partition coefficient (Wildman–Crippen LogP) is 1.88. The molecule has 2 heterocycles. The molecule has 0 aliphatic rings. The van der Waals surface area contributed by atoms with Gasteiger partial charge >= 0.3 is 0 Å². The lowest BCUT2D eigenvalue weighted by Crippen LogP contribution is -2.13. The topological polar surface area (TPSA) is 125 Å². The zero-order valence-corrected chi connectivity index (χ0v) is 15.3. The van der Waals surface area contributed by atoms with Crippen LogP contribution in [0.4, 0.5) is 0 Å². The molecule has 0 spiro atoms. The summed E-state index contributed by atoms with van der Waals surface area (Å²) in [6.45, 7) is 3.72. The molecule has 9 heteroatoms. The molecule has 0 aliphatic carbocycles. The lowest BCUT2D eigenvalue weighted by molar-refractivity contribution is 0.505. The van der Waals surface area contributed by atoms with Gasteiger partial charge in [-0.25, -0.2) is 13.4 Å². The van der Waals surface area contributed by atoms with Crippen LogP contribution in [0.25, 0.3) is 22.8 Å². The summed E-state index contributed by atoms with van der Waals surface area (Å²) in [5.41, 5.74) is 7.23. The minimum Gasteiger partial charge on any atom is -0.419 e. The summed E-state index contributed by atoms with van der Waals surface area (Å²) >= 11 is 0. The molecule has 0 fully saturated rings. The predicted molar refractivity (Wildman–Crippen MR) is 95.8 cm³/mol. The second-order valence-corrected chi connectivity index (χ2v) is 8.45. The number of hydrogen-bond donors (Lipinski definition) is 1. The smallest absolute Gasteiger partial charge is 0.267 e. The summed E-state index contributed by atoms with van der Waals surface area (Å²) in [5.74, 6) is 0.708. The Morgan fingerprint density at radius 2 is 1.77 bits per heavy atom. The fourth-order valence-electron chi connectivity index (χ4n) is 2.28. The molecule has 0 bridgehead atoms. The van der Waals surface area contributed by atoms with Gasteiger partial charge in [0.1, 0.15) is 5.69 Å². The van der Waals surface area contributed by atoms with E-state index in [2.05, 4.69) is 20.2 Å². The molecule has 136 valence electrons. The standard InChI is InChI=1S/C17H19N5O3S/c1-11(2)26(23,24)13-5-3-12(4-6-13)14-9-19-10-15(20-14)17-22-21-16(25-17)7-8-18/h3-6,9-11H,7-8,18H2,1-2H3. The third kappa shape index (κ3) is 3.63. The Morgan fingerprint density at radius 3 is 2.42 bits per heavy atom. The van der Waals surface area contributed by atoms with Gasteiger partial charge in [0, 0.05) is 18.5 Å². The molecule has 1 aromatic carbocycles. The summed E-state index contributed by atoms with van der Waals surface area (Å²) in [7, 11) is -3.31. The molecule has 8 nitrogen and oxygen atoms in total. The van der Waals surface area contributed by atoms with Crippen molar-refractivity contribution in [3.63, 3.8) is 0 Å². The van der Waals surface area contributed by atoms with Gasteiger partial charge in [-0.2, -0.15) is 0 Å². The quantitative estimate of drug-likeness (QED) is 0.694. The highest BCUT2D eigenvalue weighted by Crippen LogP contribution is 2.23. The van der Waals surface area contributed by atoms with E-state index in [1.54, 1.807) is 44.3 Å². The van der Waals surface area contributed by atoms with Crippen LogP contribution in [-0.4, -0.2) is 40.4 Å². The second-order valence-electron chi connectivity index (χ2n) is 5.95. The first-order valence-corrected chi connectivity index (χ1v) is 9.65. The highest BCUT2D eigenvalue weighted by molar-refractivity contribution is 7.92. The Labute approximate surface area is 151 Å². The molecule has 0 atom stereocenters. The van der Waals surface area contributed by atoms with Crippen LogP contribution in [0.15, 0.2) is 46.0 Å². The van der Waals surface area contributed by atoms with Crippen molar-refractivity contribution in [2.24, 2.45) is 5.73 Å². The molecule has 0 saturated carbocycles. The molecule has 0 aliphatic heterocycles. The maximum absolute atomic E-state index is 12.2. The molecule has 26 heavy (non-hydrogen) atoms. The van der Waals surface area contributed by atoms with Crippen LogP contribution in [0.2, 0.25) is 0 Å². The van der Waals surface area contributed by atoms with Gasteiger partial charge in [-0.05, 0) is 26.0 Å². The van der Waals surface area contributed by atoms with Crippen LogP contribution in [-0.2, 0) is 16.3 Å². The van der Waals surface area contributed by atoms with Gasteiger partial charge in [0.25, 0.3) is 5.89 Å². The SMILES string of the molecule is CC(C)S(=O)(=O)c1ccc(-c2cncc(-c3nnc(CCN)o3)n2)cc1. The zero-order valence-electron chi connectivity index (χ0n) is 14.5. The first-order chi connectivity index (χ1) is 12.4.